The van der Waals surface area contributed by atoms with Gasteiger partial charge in [0.05, 0.1) is 6.04 Å². The van der Waals surface area contributed by atoms with Gasteiger partial charge < -0.3 is 20.3 Å². The van der Waals surface area contributed by atoms with Crippen LogP contribution in [-0.4, -0.2) is 65.5 Å². The lowest BCUT2D eigenvalue weighted by atomic mass is 10.0. The molecule has 0 spiro atoms. The van der Waals surface area contributed by atoms with Crippen molar-refractivity contribution in [1.82, 2.24) is 25.3 Å². The van der Waals surface area contributed by atoms with Gasteiger partial charge in [-0.05, 0) is 59.1 Å². The van der Waals surface area contributed by atoms with Crippen molar-refractivity contribution >= 4 is 12.0 Å². The third-order valence-corrected chi connectivity index (χ3v) is 5.45. The number of hydrogen-bond donors (Lipinski definition) is 2. The van der Waals surface area contributed by atoms with Crippen molar-refractivity contribution in [3.8, 4) is 0 Å². The quantitative estimate of drug-likeness (QED) is 0.776. The number of alkyl carbamates (subject to hydrolysis) is 1. The van der Waals surface area contributed by atoms with Gasteiger partial charge in [-0.2, -0.15) is 5.10 Å². The van der Waals surface area contributed by atoms with Crippen LogP contribution in [0.4, 0.5) is 4.79 Å². The highest BCUT2D eigenvalue weighted by Crippen LogP contribution is 2.46. The molecule has 2 heterocycles. The Kier molecular flexibility index (Phi) is 5.98. The van der Waals surface area contributed by atoms with Crippen LogP contribution in [0, 0.1) is 5.41 Å². The third kappa shape index (κ3) is 5.47. The molecule has 3 rings (SSSR count). The number of hydrogen-bond acceptors (Lipinski definition) is 5. The molecular formula is C20H33N5O3. The number of ether oxygens (including phenoxy) is 1. The maximum atomic E-state index is 12.0. The second-order valence-electron chi connectivity index (χ2n) is 9.15. The van der Waals surface area contributed by atoms with Gasteiger partial charge in [0.1, 0.15) is 11.3 Å². The molecular weight excluding hydrogens is 358 g/mol. The number of aromatic nitrogens is 2. The van der Waals surface area contributed by atoms with Gasteiger partial charge in [-0.1, -0.05) is 0 Å². The molecule has 0 radical (unpaired) electrons. The molecule has 1 aliphatic carbocycles. The minimum absolute atomic E-state index is 0.156. The molecule has 8 nitrogen and oxygen atoms in total. The summed E-state index contributed by atoms with van der Waals surface area (Å²) in [4.78, 5) is 26.2. The molecule has 1 saturated heterocycles. The van der Waals surface area contributed by atoms with Crippen LogP contribution in [0.15, 0.2) is 12.3 Å². The molecule has 2 aliphatic rings. The summed E-state index contributed by atoms with van der Waals surface area (Å²) < 4.78 is 7.27. The Morgan fingerprint density at radius 3 is 2.75 bits per heavy atom. The Labute approximate surface area is 167 Å². The first-order valence-electron chi connectivity index (χ1n) is 10.2. The number of rotatable bonds is 6. The Morgan fingerprint density at radius 1 is 1.36 bits per heavy atom. The summed E-state index contributed by atoms with van der Waals surface area (Å²) in [7, 11) is 1.62. The second-order valence-corrected chi connectivity index (χ2v) is 9.15. The summed E-state index contributed by atoms with van der Waals surface area (Å²) in [5.41, 5.74) is 0.147. The Balaban J connectivity index is 1.51. The number of likely N-dealkylation sites (tertiary alicyclic amines) is 1. The predicted octanol–water partition coefficient (Wildman–Crippen LogP) is 2.18. The first kappa shape index (κ1) is 20.6. The summed E-state index contributed by atoms with van der Waals surface area (Å²) in [6.45, 7) is 9.24. The fourth-order valence-electron chi connectivity index (χ4n) is 3.80. The molecule has 0 aromatic carbocycles. The average Bonchev–Trinajstić information content (AvgIpc) is 3.21. The Hall–Kier alpha value is -2.09. The summed E-state index contributed by atoms with van der Waals surface area (Å²) in [6, 6.07) is 2.05. The van der Waals surface area contributed by atoms with Crippen LogP contribution in [0.1, 0.15) is 63.0 Å². The largest absolute Gasteiger partial charge is 0.444 e. The molecule has 2 fully saturated rings. The van der Waals surface area contributed by atoms with E-state index in [1.165, 1.54) is 0 Å². The smallest absolute Gasteiger partial charge is 0.407 e. The predicted molar refractivity (Wildman–Crippen MR) is 106 cm³/mol. The molecule has 0 unspecified atom stereocenters. The highest BCUT2D eigenvalue weighted by atomic mass is 16.6. The van der Waals surface area contributed by atoms with E-state index in [1.807, 2.05) is 31.6 Å². The fourth-order valence-corrected chi connectivity index (χ4v) is 3.80. The third-order valence-electron chi connectivity index (χ3n) is 5.45. The van der Waals surface area contributed by atoms with Crippen molar-refractivity contribution in [2.24, 2.45) is 5.41 Å². The van der Waals surface area contributed by atoms with Gasteiger partial charge in [0, 0.05) is 38.3 Å². The van der Waals surface area contributed by atoms with Gasteiger partial charge in [-0.3, -0.25) is 9.48 Å². The first-order chi connectivity index (χ1) is 13.2. The van der Waals surface area contributed by atoms with E-state index in [9.17, 15) is 9.59 Å². The molecule has 2 N–H and O–H groups in total. The van der Waals surface area contributed by atoms with Crippen LogP contribution in [0.3, 0.4) is 0 Å². The van der Waals surface area contributed by atoms with E-state index in [-0.39, 0.29) is 23.5 Å². The van der Waals surface area contributed by atoms with Crippen LogP contribution in [0.5, 0.6) is 0 Å². The molecule has 1 aliphatic heterocycles. The molecule has 156 valence electrons. The van der Waals surface area contributed by atoms with Crippen LogP contribution < -0.4 is 10.6 Å². The molecule has 1 aromatic rings. The van der Waals surface area contributed by atoms with Crippen LogP contribution >= 0.6 is 0 Å². The number of carbonyl (C=O) groups excluding carboxylic acids is 2. The minimum Gasteiger partial charge on any atom is -0.444 e. The number of nitrogens with one attached hydrogen (secondary N) is 2. The summed E-state index contributed by atoms with van der Waals surface area (Å²) in [5.74, 6) is -0.156. The number of carbonyl (C=O) groups is 2. The molecule has 2 amide bonds. The SMILES string of the molecule is CNC(=O)c1ccn([C@H]2CCCN(CC3(CNC(=O)OC(C)(C)C)CC3)C2)n1. The van der Waals surface area contributed by atoms with E-state index in [0.29, 0.717) is 12.2 Å². The zero-order valence-electron chi connectivity index (χ0n) is 17.5. The highest BCUT2D eigenvalue weighted by Gasteiger charge is 2.44. The highest BCUT2D eigenvalue weighted by molar-refractivity contribution is 5.91. The van der Waals surface area contributed by atoms with E-state index in [0.717, 1.165) is 45.3 Å². The Bertz CT molecular complexity index is 705. The van der Waals surface area contributed by atoms with E-state index in [4.69, 9.17) is 4.74 Å². The monoisotopic (exact) mass is 391 g/mol. The average molecular weight is 392 g/mol. The van der Waals surface area contributed by atoms with E-state index in [2.05, 4.69) is 20.6 Å². The van der Waals surface area contributed by atoms with Crippen molar-refractivity contribution in [2.75, 3.05) is 33.2 Å². The fraction of sp³-hybridized carbons (Fsp3) is 0.750. The van der Waals surface area contributed by atoms with Crippen LogP contribution in [0.25, 0.3) is 0 Å². The first-order valence-corrected chi connectivity index (χ1v) is 10.2. The molecule has 28 heavy (non-hydrogen) atoms. The standard InChI is InChI=1S/C20H33N5O3/c1-19(2,3)28-18(27)22-13-20(8-9-20)14-24-10-5-6-15(12-24)25-11-7-16(23-25)17(26)21-4/h7,11,15H,5-6,8-10,12-14H2,1-4H3,(H,21,26)(H,22,27)/t15-/m0/s1. The van der Waals surface area contributed by atoms with Crippen molar-refractivity contribution in [3.63, 3.8) is 0 Å². The zero-order valence-corrected chi connectivity index (χ0v) is 17.5. The molecule has 8 heteroatoms. The maximum absolute atomic E-state index is 12.0. The van der Waals surface area contributed by atoms with Gasteiger partial charge in [0.15, 0.2) is 0 Å². The molecule has 1 aromatic heterocycles. The number of piperidine rings is 1. The van der Waals surface area contributed by atoms with E-state index >= 15 is 0 Å². The zero-order chi connectivity index (χ0) is 20.4. The van der Waals surface area contributed by atoms with Crippen molar-refractivity contribution in [2.45, 2.75) is 58.1 Å². The lowest BCUT2D eigenvalue weighted by molar-refractivity contribution is 0.0506. The summed E-state index contributed by atoms with van der Waals surface area (Å²) in [6.07, 6.45) is 5.99. The summed E-state index contributed by atoms with van der Waals surface area (Å²) >= 11 is 0. The lowest BCUT2D eigenvalue weighted by Crippen LogP contribution is -2.43. The lowest BCUT2D eigenvalue weighted by Gasteiger charge is -2.35. The van der Waals surface area contributed by atoms with Crippen molar-refractivity contribution in [1.29, 1.82) is 0 Å². The molecule has 1 atom stereocenters. The van der Waals surface area contributed by atoms with E-state index < -0.39 is 5.60 Å². The van der Waals surface area contributed by atoms with Crippen LogP contribution in [-0.2, 0) is 4.74 Å². The maximum Gasteiger partial charge on any atom is 0.407 e. The number of nitrogens with zero attached hydrogens (tertiary/aromatic N) is 3. The summed E-state index contributed by atoms with van der Waals surface area (Å²) in [5, 5.41) is 10.0. The van der Waals surface area contributed by atoms with Crippen LogP contribution in [0.2, 0.25) is 0 Å². The molecule has 1 saturated carbocycles. The minimum atomic E-state index is -0.474. The Morgan fingerprint density at radius 2 is 2.11 bits per heavy atom. The molecule has 0 bridgehead atoms. The van der Waals surface area contributed by atoms with E-state index in [1.54, 1.807) is 13.1 Å². The van der Waals surface area contributed by atoms with Gasteiger partial charge >= 0.3 is 6.09 Å². The van der Waals surface area contributed by atoms with Gasteiger partial charge in [-0.25, -0.2) is 4.79 Å². The normalized spacial score (nSPS) is 21.8. The second kappa shape index (κ2) is 8.11. The van der Waals surface area contributed by atoms with Crippen molar-refractivity contribution < 1.29 is 14.3 Å². The number of amides is 2. The van der Waals surface area contributed by atoms with Gasteiger partial charge in [-0.15, -0.1) is 0 Å². The van der Waals surface area contributed by atoms with Gasteiger partial charge in [0.2, 0.25) is 0 Å². The van der Waals surface area contributed by atoms with Crippen molar-refractivity contribution in [3.05, 3.63) is 18.0 Å². The van der Waals surface area contributed by atoms with Gasteiger partial charge in [0.25, 0.3) is 5.91 Å². The topological polar surface area (TPSA) is 88.5 Å².